The Morgan fingerprint density at radius 3 is 3.00 bits per heavy atom. The lowest BCUT2D eigenvalue weighted by molar-refractivity contribution is -0.131. The monoisotopic (exact) mass is 237 g/mol. The van der Waals surface area contributed by atoms with E-state index >= 15 is 0 Å². The van der Waals surface area contributed by atoms with Gasteiger partial charge in [-0.15, -0.1) is 0 Å². The van der Waals surface area contributed by atoms with Gasteiger partial charge in [0.05, 0.1) is 19.1 Å². The number of hydrogen-bond donors (Lipinski definition) is 0. The zero-order valence-corrected chi connectivity index (χ0v) is 10.6. The molecule has 0 radical (unpaired) electrons. The molecule has 3 rings (SSSR count). The number of fused-ring (bicyclic) bond motifs is 1. The highest BCUT2D eigenvalue weighted by Crippen LogP contribution is 2.36. The molecule has 1 aliphatic carbocycles. The van der Waals surface area contributed by atoms with Gasteiger partial charge in [0.15, 0.2) is 0 Å². The van der Waals surface area contributed by atoms with Gasteiger partial charge in [-0.1, -0.05) is 12.8 Å². The minimum absolute atomic E-state index is 0.157. The Hall–Kier alpha value is -0.410. The fourth-order valence-electron chi connectivity index (χ4n) is 3.86. The molecule has 0 aromatic heterocycles. The second-order valence-corrected chi connectivity index (χ2v) is 5.88. The molecule has 96 valence electrons. The largest absolute Gasteiger partial charge is 0.380 e. The van der Waals surface area contributed by atoms with Gasteiger partial charge in [0.25, 0.3) is 0 Å². The Kier molecular flexibility index (Phi) is 3.48. The van der Waals surface area contributed by atoms with Crippen molar-refractivity contribution in [2.75, 3.05) is 26.3 Å². The van der Waals surface area contributed by atoms with E-state index in [2.05, 4.69) is 4.90 Å². The third kappa shape index (κ3) is 2.41. The molecule has 0 aromatic rings. The van der Waals surface area contributed by atoms with E-state index in [0.29, 0.717) is 25.4 Å². The first-order chi connectivity index (χ1) is 8.34. The van der Waals surface area contributed by atoms with E-state index in [1.807, 2.05) is 0 Å². The van der Waals surface area contributed by atoms with Crippen molar-refractivity contribution in [2.45, 2.75) is 44.6 Å². The van der Waals surface area contributed by atoms with Gasteiger partial charge in [-0.25, -0.2) is 0 Å². The van der Waals surface area contributed by atoms with Crippen molar-refractivity contribution in [1.82, 2.24) is 4.90 Å². The molecule has 0 N–H and O–H groups in total. The van der Waals surface area contributed by atoms with Crippen molar-refractivity contribution < 1.29 is 9.53 Å². The predicted octanol–water partition coefficient (Wildman–Crippen LogP) is 1.86. The molecule has 0 aromatic carbocycles. The zero-order valence-electron chi connectivity index (χ0n) is 10.6. The van der Waals surface area contributed by atoms with E-state index in [9.17, 15) is 4.79 Å². The number of rotatable bonds is 2. The molecule has 2 heterocycles. The van der Waals surface area contributed by atoms with Crippen LogP contribution < -0.4 is 0 Å². The van der Waals surface area contributed by atoms with E-state index < -0.39 is 0 Å². The number of likely N-dealkylation sites (tertiary alicyclic amines) is 1. The number of ether oxygens (including phenoxy) is 1. The molecule has 2 aliphatic heterocycles. The summed E-state index contributed by atoms with van der Waals surface area (Å²) in [5.74, 6) is 1.50. The van der Waals surface area contributed by atoms with Crippen molar-refractivity contribution in [3.05, 3.63) is 0 Å². The molecule has 1 saturated carbocycles. The SMILES string of the molecule is O=C1CCOCC1CN1CCC2CCCCC21. The summed E-state index contributed by atoms with van der Waals surface area (Å²) in [6.07, 6.45) is 7.55. The van der Waals surface area contributed by atoms with Crippen molar-refractivity contribution in [1.29, 1.82) is 0 Å². The van der Waals surface area contributed by atoms with Gasteiger partial charge in [0, 0.05) is 19.0 Å². The molecule has 3 fully saturated rings. The molecule has 0 amide bonds. The number of carbonyl (C=O) groups excluding carboxylic acids is 1. The summed E-state index contributed by atoms with van der Waals surface area (Å²) in [5.41, 5.74) is 0. The van der Waals surface area contributed by atoms with Crippen LogP contribution in [0.2, 0.25) is 0 Å². The maximum atomic E-state index is 11.8. The second-order valence-electron chi connectivity index (χ2n) is 5.88. The summed E-state index contributed by atoms with van der Waals surface area (Å²) in [6, 6.07) is 0.776. The van der Waals surface area contributed by atoms with Gasteiger partial charge in [-0.05, 0) is 31.7 Å². The first-order valence-electron chi connectivity index (χ1n) is 7.19. The molecular weight excluding hydrogens is 214 g/mol. The maximum absolute atomic E-state index is 11.8. The molecular formula is C14H23NO2. The number of nitrogens with zero attached hydrogens (tertiary/aromatic N) is 1. The van der Waals surface area contributed by atoms with Crippen LogP contribution in [0, 0.1) is 11.8 Å². The predicted molar refractivity (Wildman–Crippen MR) is 65.9 cm³/mol. The van der Waals surface area contributed by atoms with E-state index in [-0.39, 0.29) is 5.92 Å². The van der Waals surface area contributed by atoms with E-state index in [1.165, 1.54) is 38.6 Å². The lowest BCUT2D eigenvalue weighted by Crippen LogP contribution is -2.42. The Bertz CT molecular complexity index is 292. The highest BCUT2D eigenvalue weighted by atomic mass is 16.5. The van der Waals surface area contributed by atoms with Crippen LogP contribution in [0.4, 0.5) is 0 Å². The van der Waals surface area contributed by atoms with Gasteiger partial charge in [-0.3, -0.25) is 9.69 Å². The van der Waals surface area contributed by atoms with Crippen LogP contribution in [0.1, 0.15) is 38.5 Å². The molecule has 0 bridgehead atoms. The minimum atomic E-state index is 0.157. The first-order valence-corrected chi connectivity index (χ1v) is 7.19. The smallest absolute Gasteiger partial charge is 0.141 e. The summed E-state index contributed by atoms with van der Waals surface area (Å²) in [4.78, 5) is 14.4. The third-order valence-electron chi connectivity index (χ3n) is 4.85. The topological polar surface area (TPSA) is 29.5 Å². The summed E-state index contributed by atoms with van der Waals surface area (Å²) in [7, 11) is 0. The van der Waals surface area contributed by atoms with Gasteiger partial charge >= 0.3 is 0 Å². The normalized spacial score (nSPS) is 39.3. The molecule has 3 heteroatoms. The number of Topliss-reactive ketones (excluding diaryl/α,β-unsaturated/α-hetero) is 1. The lowest BCUT2D eigenvalue weighted by Gasteiger charge is -2.34. The van der Waals surface area contributed by atoms with Gasteiger partial charge in [0.1, 0.15) is 5.78 Å². The minimum Gasteiger partial charge on any atom is -0.380 e. The Morgan fingerprint density at radius 2 is 2.12 bits per heavy atom. The Balaban J connectivity index is 1.59. The van der Waals surface area contributed by atoms with Crippen LogP contribution in [0.25, 0.3) is 0 Å². The third-order valence-corrected chi connectivity index (χ3v) is 4.85. The Morgan fingerprint density at radius 1 is 1.24 bits per heavy atom. The number of carbonyl (C=O) groups is 1. The molecule has 0 spiro atoms. The van der Waals surface area contributed by atoms with Gasteiger partial charge < -0.3 is 4.74 Å². The molecule has 3 atom stereocenters. The molecule has 3 unspecified atom stereocenters. The molecule has 3 nitrogen and oxygen atoms in total. The van der Waals surface area contributed by atoms with Crippen LogP contribution in [0.5, 0.6) is 0 Å². The van der Waals surface area contributed by atoms with E-state index in [0.717, 1.165) is 18.5 Å². The van der Waals surface area contributed by atoms with Crippen LogP contribution >= 0.6 is 0 Å². The molecule has 2 saturated heterocycles. The number of hydrogen-bond acceptors (Lipinski definition) is 3. The average Bonchev–Trinajstić information content (AvgIpc) is 2.76. The fraction of sp³-hybridized carbons (Fsp3) is 0.929. The van der Waals surface area contributed by atoms with Crippen molar-refractivity contribution in [2.24, 2.45) is 11.8 Å². The standard InChI is InChI=1S/C14H23NO2/c16-14-6-8-17-10-12(14)9-15-7-5-11-3-1-2-4-13(11)15/h11-13H,1-10H2. The second kappa shape index (κ2) is 5.07. The van der Waals surface area contributed by atoms with Crippen LogP contribution in [-0.4, -0.2) is 43.0 Å². The summed E-state index contributed by atoms with van der Waals surface area (Å²) >= 11 is 0. The van der Waals surface area contributed by atoms with Crippen LogP contribution in [0.15, 0.2) is 0 Å². The maximum Gasteiger partial charge on any atom is 0.141 e. The molecule has 17 heavy (non-hydrogen) atoms. The van der Waals surface area contributed by atoms with Gasteiger partial charge in [0.2, 0.25) is 0 Å². The van der Waals surface area contributed by atoms with Crippen LogP contribution in [-0.2, 0) is 9.53 Å². The Labute approximate surface area is 104 Å². The highest BCUT2D eigenvalue weighted by Gasteiger charge is 2.37. The van der Waals surface area contributed by atoms with Crippen molar-refractivity contribution >= 4 is 5.78 Å². The van der Waals surface area contributed by atoms with Crippen molar-refractivity contribution in [3.63, 3.8) is 0 Å². The number of ketones is 1. The molecule has 3 aliphatic rings. The first kappa shape index (κ1) is 11.7. The average molecular weight is 237 g/mol. The quantitative estimate of drug-likeness (QED) is 0.734. The summed E-state index contributed by atoms with van der Waals surface area (Å²) < 4.78 is 5.45. The van der Waals surface area contributed by atoms with Crippen LogP contribution in [0.3, 0.4) is 0 Å². The fourth-order valence-corrected chi connectivity index (χ4v) is 3.86. The van der Waals surface area contributed by atoms with E-state index in [4.69, 9.17) is 4.74 Å². The van der Waals surface area contributed by atoms with E-state index in [1.54, 1.807) is 0 Å². The highest BCUT2D eigenvalue weighted by molar-refractivity contribution is 5.82. The summed E-state index contributed by atoms with van der Waals surface area (Å²) in [5, 5.41) is 0. The zero-order chi connectivity index (χ0) is 11.7. The van der Waals surface area contributed by atoms with Gasteiger partial charge in [-0.2, -0.15) is 0 Å². The summed E-state index contributed by atoms with van der Waals surface area (Å²) in [6.45, 7) is 3.47. The van der Waals surface area contributed by atoms with Crippen molar-refractivity contribution in [3.8, 4) is 0 Å². The lowest BCUT2D eigenvalue weighted by atomic mass is 9.85.